The number of hydrogen-bond acceptors (Lipinski definition) is 3. The highest BCUT2D eigenvalue weighted by atomic mass is 127. The summed E-state index contributed by atoms with van der Waals surface area (Å²) in [4.78, 5) is 7.37. The van der Waals surface area contributed by atoms with E-state index in [9.17, 15) is 0 Å². The van der Waals surface area contributed by atoms with Gasteiger partial charge in [-0.15, -0.1) is 34.2 Å². The van der Waals surface area contributed by atoms with E-state index in [4.69, 9.17) is 4.99 Å². The zero-order valence-electron chi connectivity index (χ0n) is 15.9. The summed E-state index contributed by atoms with van der Waals surface area (Å²) in [7, 11) is 2.01. The van der Waals surface area contributed by atoms with Crippen molar-refractivity contribution in [1.82, 2.24) is 25.0 Å². The summed E-state index contributed by atoms with van der Waals surface area (Å²) in [5.74, 6) is 4.67. The van der Waals surface area contributed by atoms with Gasteiger partial charge in [0.25, 0.3) is 0 Å². The molecule has 0 amide bonds. The highest BCUT2D eigenvalue weighted by Gasteiger charge is 2.35. The maximum atomic E-state index is 4.89. The molecule has 0 radical (unpaired) electrons. The number of aromatic nitrogens is 3. The van der Waals surface area contributed by atoms with Gasteiger partial charge in [0.05, 0.1) is 0 Å². The van der Waals surface area contributed by atoms with Gasteiger partial charge in [0.15, 0.2) is 11.8 Å². The van der Waals surface area contributed by atoms with Crippen LogP contribution in [0.15, 0.2) is 4.99 Å². The lowest BCUT2D eigenvalue weighted by Crippen LogP contribution is -2.40. The van der Waals surface area contributed by atoms with Gasteiger partial charge in [-0.1, -0.05) is 26.2 Å². The molecule has 142 valence electrons. The van der Waals surface area contributed by atoms with Crippen molar-refractivity contribution in [3.05, 3.63) is 11.6 Å². The van der Waals surface area contributed by atoms with Crippen LogP contribution >= 0.6 is 24.0 Å². The molecule has 2 aliphatic rings. The number of nitrogens with one attached hydrogen (secondary N) is 1. The smallest absolute Gasteiger partial charge is 0.194 e. The molecule has 1 aliphatic carbocycles. The lowest BCUT2D eigenvalue weighted by Gasteiger charge is -2.22. The van der Waals surface area contributed by atoms with E-state index in [1.54, 1.807) is 0 Å². The van der Waals surface area contributed by atoms with Crippen LogP contribution < -0.4 is 5.32 Å². The highest BCUT2D eigenvalue weighted by Crippen LogP contribution is 2.35. The van der Waals surface area contributed by atoms with Gasteiger partial charge in [-0.05, 0) is 38.0 Å². The van der Waals surface area contributed by atoms with Crippen molar-refractivity contribution in [3.63, 3.8) is 0 Å². The van der Waals surface area contributed by atoms with Crippen LogP contribution in [0, 0.1) is 18.8 Å². The molecule has 1 N–H and O–H groups in total. The van der Waals surface area contributed by atoms with Crippen molar-refractivity contribution < 1.29 is 0 Å². The van der Waals surface area contributed by atoms with Crippen molar-refractivity contribution in [2.75, 3.05) is 19.6 Å². The fraction of sp³-hybridized carbons (Fsp3) is 0.833. The van der Waals surface area contributed by atoms with Crippen LogP contribution in [0.2, 0.25) is 0 Å². The Morgan fingerprint density at radius 2 is 1.88 bits per heavy atom. The van der Waals surface area contributed by atoms with Crippen LogP contribution in [0.1, 0.15) is 57.1 Å². The Labute approximate surface area is 168 Å². The summed E-state index contributed by atoms with van der Waals surface area (Å²) in [5, 5.41) is 12.0. The van der Waals surface area contributed by atoms with Gasteiger partial charge in [0, 0.05) is 26.7 Å². The Balaban J connectivity index is 0.00000225. The van der Waals surface area contributed by atoms with Crippen molar-refractivity contribution in [1.29, 1.82) is 0 Å². The molecule has 0 bridgehead atoms. The van der Waals surface area contributed by atoms with Gasteiger partial charge in [0.1, 0.15) is 12.4 Å². The number of hydrogen-bond donors (Lipinski definition) is 1. The second-order valence-electron chi connectivity index (χ2n) is 7.35. The first-order valence-electron chi connectivity index (χ1n) is 9.57. The zero-order chi connectivity index (χ0) is 16.9. The molecule has 6 nitrogen and oxygen atoms in total. The van der Waals surface area contributed by atoms with Crippen molar-refractivity contribution >= 4 is 29.9 Å². The molecule has 0 aromatic carbocycles. The Kier molecular flexibility index (Phi) is 7.96. The van der Waals surface area contributed by atoms with Gasteiger partial charge in [-0.2, -0.15) is 0 Å². The Morgan fingerprint density at radius 3 is 2.44 bits per heavy atom. The standard InChI is InChI=1S/C18H32N6.HI/c1-4-5-10-19-18(20-11-17-22-21-14(2)23(17)3)24-12-15-8-6-7-9-16(15)13-24;/h15-16H,4-13H2,1-3H3,(H,19,20);1H. The predicted octanol–water partition coefficient (Wildman–Crippen LogP) is 3.11. The van der Waals surface area contributed by atoms with E-state index in [-0.39, 0.29) is 24.0 Å². The van der Waals surface area contributed by atoms with Gasteiger partial charge < -0.3 is 14.8 Å². The Hall–Kier alpha value is -0.860. The molecule has 1 saturated heterocycles. The second-order valence-corrected chi connectivity index (χ2v) is 7.35. The van der Waals surface area contributed by atoms with Crippen molar-refractivity contribution in [2.45, 2.75) is 58.9 Å². The summed E-state index contributed by atoms with van der Waals surface area (Å²) in [6.45, 7) is 8.13. The minimum Gasteiger partial charge on any atom is -0.356 e. The van der Waals surface area contributed by atoms with Crippen molar-refractivity contribution in [3.8, 4) is 0 Å². The average Bonchev–Trinajstić information content (AvgIpc) is 3.15. The Morgan fingerprint density at radius 1 is 1.20 bits per heavy atom. The number of likely N-dealkylation sites (tertiary alicyclic amines) is 1. The summed E-state index contributed by atoms with van der Waals surface area (Å²) in [6.07, 6.45) is 7.99. The molecule has 1 aromatic rings. The molecule has 1 aliphatic heterocycles. The van der Waals surface area contributed by atoms with E-state index in [0.29, 0.717) is 6.54 Å². The quantitative estimate of drug-likeness (QED) is 0.318. The number of aryl methyl sites for hydroxylation is 1. The average molecular weight is 460 g/mol. The molecule has 3 rings (SSSR count). The number of aliphatic imine (C=N–C) groups is 1. The summed E-state index contributed by atoms with van der Waals surface area (Å²) in [6, 6.07) is 0. The molecule has 25 heavy (non-hydrogen) atoms. The molecular formula is C18H33IN6. The van der Waals surface area contributed by atoms with Crippen LogP contribution in [0.25, 0.3) is 0 Å². The normalized spacial score (nSPS) is 23.3. The minimum absolute atomic E-state index is 0. The van der Waals surface area contributed by atoms with Crippen LogP contribution in [-0.4, -0.2) is 45.3 Å². The molecule has 0 spiro atoms. The molecular weight excluding hydrogens is 427 g/mol. The summed E-state index contributed by atoms with van der Waals surface area (Å²) in [5.41, 5.74) is 0. The van der Waals surface area contributed by atoms with Crippen LogP contribution in [0.5, 0.6) is 0 Å². The van der Waals surface area contributed by atoms with Crippen LogP contribution in [0.3, 0.4) is 0 Å². The third kappa shape index (κ3) is 5.08. The summed E-state index contributed by atoms with van der Waals surface area (Å²) >= 11 is 0. The molecule has 2 unspecified atom stereocenters. The van der Waals surface area contributed by atoms with E-state index < -0.39 is 0 Å². The zero-order valence-corrected chi connectivity index (χ0v) is 18.2. The maximum Gasteiger partial charge on any atom is 0.194 e. The van der Waals surface area contributed by atoms with Crippen molar-refractivity contribution in [2.24, 2.45) is 23.9 Å². The maximum absolute atomic E-state index is 4.89. The monoisotopic (exact) mass is 460 g/mol. The number of rotatable bonds is 5. The third-order valence-corrected chi connectivity index (χ3v) is 5.64. The molecule has 7 heteroatoms. The topological polar surface area (TPSA) is 58.3 Å². The first kappa shape index (κ1) is 20.5. The highest BCUT2D eigenvalue weighted by molar-refractivity contribution is 14.0. The SMILES string of the molecule is CCCCNC(=NCc1nnc(C)n1C)N1CC2CCCCC2C1.I. The number of guanidine groups is 1. The number of nitrogens with zero attached hydrogens (tertiary/aromatic N) is 5. The molecule has 1 aromatic heterocycles. The van der Waals surface area contributed by atoms with E-state index in [1.165, 1.54) is 51.6 Å². The lowest BCUT2D eigenvalue weighted by molar-refractivity contribution is 0.299. The van der Waals surface area contributed by atoms with Gasteiger partial charge in [0.2, 0.25) is 0 Å². The predicted molar refractivity (Wildman–Crippen MR) is 112 cm³/mol. The number of fused-ring (bicyclic) bond motifs is 1. The largest absolute Gasteiger partial charge is 0.356 e. The molecule has 2 atom stereocenters. The van der Waals surface area contributed by atoms with E-state index in [1.807, 2.05) is 18.5 Å². The minimum atomic E-state index is 0. The van der Waals surface area contributed by atoms with Gasteiger partial charge in [-0.3, -0.25) is 0 Å². The lowest BCUT2D eigenvalue weighted by atomic mass is 9.82. The molecule has 2 heterocycles. The third-order valence-electron chi connectivity index (χ3n) is 5.64. The number of halogens is 1. The number of unbranched alkanes of at least 4 members (excludes halogenated alkanes) is 1. The Bertz CT molecular complexity index is 556. The fourth-order valence-electron chi connectivity index (χ4n) is 3.96. The first-order chi connectivity index (χ1) is 11.7. The van der Waals surface area contributed by atoms with E-state index >= 15 is 0 Å². The molecule has 1 saturated carbocycles. The van der Waals surface area contributed by atoms with Gasteiger partial charge in [-0.25, -0.2) is 4.99 Å². The van der Waals surface area contributed by atoms with Crippen LogP contribution in [-0.2, 0) is 13.6 Å². The molecule has 2 fully saturated rings. The van der Waals surface area contributed by atoms with E-state index in [0.717, 1.165) is 36.0 Å². The first-order valence-corrected chi connectivity index (χ1v) is 9.57. The van der Waals surface area contributed by atoms with Crippen LogP contribution in [0.4, 0.5) is 0 Å². The second kappa shape index (κ2) is 9.73. The summed E-state index contributed by atoms with van der Waals surface area (Å²) < 4.78 is 2.02. The van der Waals surface area contributed by atoms with Gasteiger partial charge >= 0.3 is 0 Å². The fourth-order valence-corrected chi connectivity index (χ4v) is 3.96. The van der Waals surface area contributed by atoms with E-state index in [2.05, 4.69) is 27.3 Å².